The van der Waals surface area contributed by atoms with Crippen LogP contribution in [0.2, 0.25) is 0 Å². The van der Waals surface area contributed by atoms with Gasteiger partial charge in [-0.3, -0.25) is 9.59 Å². The van der Waals surface area contributed by atoms with Crippen LogP contribution in [0.25, 0.3) is 0 Å². The van der Waals surface area contributed by atoms with Crippen LogP contribution in [0, 0.1) is 0 Å². The first-order valence-electron chi connectivity index (χ1n) is 21.0. The molecule has 4 N–H and O–H groups in total. The number of esters is 2. The molecule has 6 atom stereocenters. The van der Waals surface area contributed by atoms with Crippen molar-refractivity contribution in [3.05, 3.63) is 72.9 Å². The summed E-state index contributed by atoms with van der Waals surface area (Å²) in [7, 11) is 0. The second-order valence-corrected chi connectivity index (χ2v) is 14.0. The van der Waals surface area contributed by atoms with E-state index < -0.39 is 55.4 Å². The van der Waals surface area contributed by atoms with E-state index in [1.807, 2.05) is 0 Å². The van der Waals surface area contributed by atoms with E-state index in [0.717, 1.165) is 103 Å². The van der Waals surface area contributed by atoms with Crippen molar-refractivity contribution >= 4 is 11.9 Å². The van der Waals surface area contributed by atoms with E-state index in [-0.39, 0.29) is 26.1 Å². The monoisotopic (exact) mass is 775 g/mol. The van der Waals surface area contributed by atoms with Gasteiger partial charge in [-0.15, -0.1) is 0 Å². The molecule has 1 aliphatic heterocycles. The molecule has 1 heterocycles. The van der Waals surface area contributed by atoms with Gasteiger partial charge in [0.15, 0.2) is 12.4 Å². The Morgan fingerprint density at radius 1 is 0.564 bits per heavy atom. The second-order valence-electron chi connectivity index (χ2n) is 14.0. The van der Waals surface area contributed by atoms with Gasteiger partial charge in [0, 0.05) is 12.8 Å². The van der Waals surface area contributed by atoms with E-state index in [9.17, 15) is 30.0 Å². The van der Waals surface area contributed by atoms with Gasteiger partial charge in [0.25, 0.3) is 0 Å². The lowest BCUT2D eigenvalue weighted by Gasteiger charge is -2.39. The van der Waals surface area contributed by atoms with Crippen LogP contribution < -0.4 is 0 Å². The van der Waals surface area contributed by atoms with Crippen molar-refractivity contribution in [1.82, 2.24) is 0 Å². The summed E-state index contributed by atoms with van der Waals surface area (Å²) in [5.74, 6) is -0.855. The number of hydrogen-bond donors (Lipinski definition) is 4. The molecule has 1 aliphatic rings. The SMILES string of the molecule is CC/C=C\C/C=C\C/C=C\CCCCCCCC(=O)OCC(CO[C@H]1O[C@H](CO)[C@@H](O)[C@H](O)[C@H]1O)OC(=O)CCCCCCC/C=C\C/C=C\C/C=C\CC. The Morgan fingerprint density at radius 2 is 1.02 bits per heavy atom. The highest BCUT2D eigenvalue weighted by Crippen LogP contribution is 2.22. The number of ether oxygens (including phenoxy) is 4. The lowest BCUT2D eigenvalue weighted by molar-refractivity contribution is -0.305. The molecule has 55 heavy (non-hydrogen) atoms. The number of aliphatic hydroxyl groups excluding tert-OH is 4. The molecule has 0 amide bonds. The Kier molecular flexibility index (Phi) is 32.4. The lowest BCUT2D eigenvalue weighted by atomic mass is 9.99. The molecular weight excluding hydrogens is 700 g/mol. The largest absolute Gasteiger partial charge is 0.462 e. The molecule has 10 nitrogen and oxygen atoms in total. The summed E-state index contributed by atoms with van der Waals surface area (Å²) in [6.45, 7) is 3.14. The van der Waals surface area contributed by atoms with Crippen molar-refractivity contribution in [3.63, 3.8) is 0 Å². The highest BCUT2D eigenvalue weighted by Gasteiger charge is 2.44. The summed E-state index contributed by atoms with van der Waals surface area (Å²) < 4.78 is 22.1. The Labute approximate surface area is 332 Å². The summed E-state index contributed by atoms with van der Waals surface area (Å²) in [4.78, 5) is 25.3. The maximum absolute atomic E-state index is 12.7. The van der Waals surface area contributed by atoms with Gasteiger partial charge < -0.3 is 39.4 Å². The lowest BCUT2D eigenvalue weighted by Crippen LogP contribution is -2.59. The fourth-order valence-electron chi connectivity index (χ4n) is 5.80. The zero-order chi connectivity index (χ0) is 40.2. The van der Waals surface area contributed by atoms with Crippen molar-refractivity contribution in [3.8, 4) is 0 Å². The third kappa shape index (κ3) is 27.4. The topological polar surface area (TPSA) is 152 Å². The summed E-state index contributed by atoms with van der Waals surface area (Å²) in [6, 6.07) is 0. The number of hydrogen-bond acceptors (Lipinski definition) is 10. The van der Waals surface area contributed by atoms with E-state index in [2.05, 4.69) is 86.8 Å². The van der Waals surface area contributed by atoms with Crippen molar-refractivity contribution in [2.75, 3.05) is 19.8 Å². The molecule has 1 saturated heterocycles. The van der Waals surface area contributed by atoms with Crippen LogP contribution in [0.4, 0.5) is 0 Å². The molecule has 1 unspecified atom stereocenters. The summed E-state index contributed by atoms with van der Waals surface area (Å²) in [6.07, 6.45) is 36.2. The van der Waals surface area contributed by atoms with Gasteiger partial charge in [-0.25, -0.2) is 0 Å². The van der Waals surface area contributed by atoms with Gasteiger partial charge in [0.2, 0.25) is 0 Å². The maximum Gasteiger partial charge on any atom is 0.306 e. The molecule has 0 aromatic rings. The van der Waals surface area contributed by atoms with Crippen LogP contribution >= 0.6 is 0 Å². The van der Waals surface area contributed by atoms with Crippen LogP contribution in [0.3, 0.4) is 0 Å². The molecule has 314 valence electrons. The maximum atomic E-state index is 12.7. The number of rotatable bonds is 33. The number of unbranched alkanes of at least 4 members (excludes halogenated alkanes) is 10. The standard InChI is InChI=1S/C45H74O10/c1-3-5-7-9-11-13-15-17-19-21-23-25-27-29-31-33-40(47)52-36-38(37-53-45-44(51)43(50)42(49)39(35-46)55-45)54-41(48)34-32-30-28-26-24-22-20-18-16-14-12-10-8-6-4-2/h5-8,11-14,17-20,38-39,42-46,49-51H,3-4,9-10,15-16,21-37H2,1-2H3/b7-5-,8-6-,13-11-,14-12-,19-17-,20-18-/t38?,39-,42-,43+,44-,45+/m1/s1. The molecule has 0 aromatic carbocycles. The van der Waals surface area contributed by atoms with E-state index >= 15 is 0 Å². The molecule has 1 rings (SSSR count). The molecule has 0 spiro atoms. The Balaban J connectivity index is 2.39. The zero-order valence-corrected chi connectivity index (χ0v) is 33.9. The fourth-order valence-corrected chi connectivity index (χ4v) is 5.80. The van der Waals surface area contributed by atoms with Crippen LogP contribution in [-0.4, -0.2) is 89.0 Å². The average molecular weight is 775 g/mol. The minimum atomic E-state index is -1.60. The van der Waals surface area contributed by atoms with Crippen LogP contribution in [0.15, 0.2) is 72.9 Å². The molecule has 0 bridgehead atoms. The van der Waals surface area contributed by atoms with Crippen molar-refractivity contribution in [2.45, 2.75) is 179 Å². The molecule has 0 radical (unpaired) electrons. The Bertz CT molecular complexity index is 1120. The first-order valence-corrected chi connectivity index (χ1v) is 21.0. The normalized spacial score (nSPS) is 21.3. The van der Waals surface area contributed by atoms with Gasteiger partial charge in [-0.2, -0.15) is 0 Å². The Morgan fingerprint density at radius 3 is 1.53 bits per heavy atom. The van der Waals surface area contributed by atoms with Crippen molar-refractivity contribution in [1.29, 1.82) is 0 Å². The molecule has 0 aliphatic carbocycles. The zero-order valence-electron chi connectivity index (χ0n) is 33.9. The smallest absolute Gasteiger partial charge is 0.306 e. The quantitative estimate of drug-likeness (QED) is 0.0291. The predicted molar refractivity (Wildman–Crippen MR) is 219 cm³/mol. The van der Waals surface area contributed by atoms with Gasteiger partial charge in [-0.05, 0) is 77.0 Å². The third-order valence-corrected chi connectivity index (χ3v) is 9.09. The van der Waals surface area contributed by atoms with Crippen LogP contribution in [-0.2, 0) is 28.5 Å². The Hall–Kier alpha value is -2.86. The molecular formula is C45H74O10. The molecule has 0 saturated carbocycles. The molecule has 1 fully saturated rings. The number of aliphatic hydroxyl groups is 4. The predicted octanol–water partition coefficient (Wildman–Crippen LogP) is 8.44. The summed E-state index contributed by atoms with van der Waals surface area (Å²) in [5, 5.41) is 40.0. The average Bonchev–Trinajstić information content (AvgIpc) is 3.18. The second kappa shape index (κ2) is 35.5. The van der Waals surface area contributed by atoms with Crippen molar-refractivity contribution in [2.24, 2.45) is 0 Å². The number of carbonyl (C=O) groups excluding carboxylic acids is 2. The third-order valence-electron chi connectivity index (χ3n) is 9.09. The van der Waals surface area contributed by atoms with Gasteiger partial charge in [0.05, 0.1) is 13.2 Å². The van der Waals surface area contributed by atoms with Crippen molar-refractivity contribution < 1.29 is 49.0 Å². The van der Waals surface area contributed by atoms with E-state index in [0.29, 0.717) is 12.8 Å². The van der Waals surface area contributed by atoms with Crippen LogP contribution in [0.5, 0.6) is 0 Å². The number of carbonyl (C=O) groups is 2. The van der Waals surface area contributed by atoms with Gasteiger partial charge in [-0.1, -0.05) is 125 Å². The van der Waals surface area contributed by atoms with Crippen LogP contribution in [0.1, 0.15) is 142 Å². The van der Waals surface area contributed by atoms with E-state index in [4.69, 9.17) is 18.9 Å². The molecule has 0 aromatic heterocycles. The number of allylic oxidation sites excluding steroid dienone is 12. The highest BCUT2D eigenvalue weighted by molar-refractivity contribution is 5.70. The highest BCUT2D eigenvalue weighted by atomic mass is 16.7. The fraction of sp³-hybridized carbons (Fsp3) is 0.689. The molecule has 10 heteroatoms. The minimum Gasteiger partial charge on any atom is -0.462 e. The first kappa shape index (κ1) is 50.2. The summed E-state index contributed by atoms with van der Waals surface area (Å²) in [5.41, 5.74) is 0. The van der Waals surface area contributed by atoms with Gasteiger partial charge >= 0.3 is 11.9 Å². The first-order chi connectivity index (χ1) is 26.8. The van der Waals surface area contributed by atoms with Gasteiger partial charge in [0.1, 0.15) is 31.0 Å². The van der Waals surface area contributed by atoms with E-state index in [1.165, 1.54) is 0 Å². The minimum absolute atomic E-state index is 0.202. The van der Waals surface area contributed by atoms with E-state index in [1.54, 1.807) is 0 Å². The summed E-state index contributed by atoms with van der Waals surface area (Å²) >= 11 is 0.